The third kappa shape index (κ3) is 2.95. The van der Waals surface area contributed by atoms with Crippen LogP contribution in [-0.4, -0.2) is 14.3 Å². The van der Waals surface area contributed by atoms with Crippen LogP contribution in [0.5, 0.6) is 0 Å². The molecule has 0 aliphatic carbocycles. The molecule has 2 aromatic rings. The van der Waals surface area contributed by atoms with Crippen LogP contribution in [0.2, 0.25) is 0 Å². The molecule has 0 saturated carbocycles. The number of pyridine rings is 1. The quantitative estimate of drug-likeness (QED) is 0.905. The molecule has 90 valence electrons. The number of rotatable bonds is 2. The summed E-state index contributed by atoms with van der Waals surface area (Å²) < 4.78 is 5.28. The Balaban J connectivity index is 2.21. The topological polar surface area (TPSA) is 64.7 Å². The number of hydrogen-bond acceptors (Lipinski definition) is 6. The lowest BCUT2D eigenvalue weighted by atomic mass is 9.96. The molecule has 0 saturated heterocycles. The fourth-order valence-electron chi connectivity index (χ4n) is 1.14. The van der Waals surface area contributed by atoms with Crippen LogP contribution < -0.4 is 5.73 Å². The lowest BCUT2D eigenvalue weighted by molar-refractivity contribution is 0.551. The third-order valence-electron chi connectivity index (χ3n) is 2.09. The zero-order chi connectivity index (χ0) is 12.5. The van der Waals surface area contributed by atoms with Gasteiger partial charge < -0.3 is 5.73 Å². The summed E-state index contributed by atoms with van der Waals surface area (Å²) in [5, 5.41) is 0. The smallest absolute Gasteiger partial charge is 0.174 e. The molecular formula is C11H14N4S2. The Labute approximate surface area is 109 Å². The summed E-state index contributed by atoms with van der Waals surface area (Å²) in [6, 6.07) is 1.89. The monoisotopic (exact) mass is 266 g/mol. The van der Waals surface area contributed by atoms with Crippen molar-refractivity contribution >= 4 is 29.0 Å². The zero-order valence-corrected chi connectivity index (χ0v) is 11.6. The first-order valence-electron chi connectivity index (χ1n) is 5.18. The van der Waals surface area contributed by atoms with Crippen LogP contribution in [0, 0.1) is 0 Å². The van der Waals surface area contributed by atoms with E-state index >= 15 is 0 Å². The van der Waals surface area contributed by atoms with Crippen LogP contribution >= 0.6 is 23.3 Å². The number of anilines is 1. The van der Waals surface area contributed by atoms with E-state index in [1.165, 1.54) is 23.3 Å². The van der Waals surface area contributed by atoms with Crippen molar-refractivity contribution in [3.05, 3.63) is 24.3 Å². The lowest BCUT2D eigenvalue weighted by Gasteiger charge is -2.12. The summed E-state index contributed by atoms with van der Waals surface area (Å²) in [7, 11) is 0. The van der Waals surface area contributed by atoms with Gasteiger partial charge in [-0.2, -0.15) is 4.37 Å². The van der Waals surface area contributed by atoms with E-state index in [4.69, 9.17) is 5.73 Å². The fourth-order valence-corrected chi connectivity index (χ4v) is 2.89. The van der Waals surface area contributed by atoms with Gasteiger partial charge in [0.25, 0.3) is 0 Å². The first kappa shape index (κ1) is 12.3. The molecule has 0 unspecified atom stereocenters. The first-order chi connectivity index (χ1) is 7.97. The van der Waals surface area contributed by atoms with Crippen molar-refractivity contribution in [2.45, 2.75) is 35.4 Å². The van der Waals surface area contributed by atoms with Gasteiger partial charge in [-0.25, -0.2) is 4.98 Å². The predicted octanol–water partition coefficient (Wildman–Crippen LogP) is 2.96. The molecule has 0 bridgehead atoms. The maximum Gasteiger partial charge on any atom is 0.174 e. The molecule has 2 heterocycles. The van der Waals surface area contributed by atoms with E-state index in [1.807, 2.05) is 6.07 Å². The largest absolute Gasteiger partial charge is 0.397 e. The van der Waals surface area contributed by atoms with Crippen molar-refractivity contribution in [2.75, 3.05) is 5.73 Å². The highest BCUT2D eigenvalue weighted by atomic mass is 32.2. The van der Waals surface area contributed by atoms with Gasteiger partial charge in [0.1, 0.15) is 5.82 Å². The standard InChI is InChI=1S/C11H14N4S2/c1-11(2,3)9-14-10(17-15-9)16-8-4-5-13-6-7(8)12/h4-6H,12H2,1-3H3. The molecule has 0 amide bonds. The molecule has 0 radical (unpaired) electrons. The SMILES string of the molecule is CC(C)(C)c1nsc(Sc2ccncc2N)n1. The van der Waals surface area contributed by atoms with Crippen molar-refractivity contribution in [1.82, 2.24) is 14.3 Å². The van der Waals surface area contributed by atoms with Gasteiger partial charge in [-0.3, -0.25) is 4.98 Å². The van der Waals surface area contributed by atoms with Gasteiger partial charge in [0, 0.05) is 16.5 Å². The molecule has 2 aromatic heterocycles. The Kier molecular flexibility index (Phi) is 3.35. The number of nitrogens with two attached hydrogens (primary N) is 1. The van der Waals surface area contributed by atoms with E-state index in [-0.39, 0.29) is 5.41 Å². The highest BCUT2D eigenvalue weighted by molar-refractivity contribution is 8.01. The van der Waals surface area contributed by atoms with Gasteiger partial charge in [0.05, 0.1) is 11.9 Å². The fraction of sp³-hybridized carbons (Fsp3) is 0.364. The number of nitrogen functional groups attached to an aromatic ring is 1. The molecule has 4 nitrogen and oxygen atoms in total. The lowest BCUT2D eigenvalue weighted by Crippen LogP contribution is -2.12. The van der Waals surface area contributed by atoms with Crippen molar-refractivity contribution in [1.29, 1.82) is 0 Å². The van der Waals surface area contributed by atoms with Gasteiger partial charge in [-0.05, 0) is 17.6 Å². The Morgan fingerprint density at radius 3 is 2.71 bits per heavy atom. The molecular weight excluding hydrogens is 252 g/mol. The first-order valence-corrected chi connectivity index (χ1v) is 6.77. The molecule has 0 aromatic carbocycles. The van der Waals surface area contributed by atoms with Gasteiger partial charge in [-0.1, -0.05) is 32.5 Å². The molecule has 0 atom stereocenters. The van der Waals surface area contributed by atoms with Crippen molar-refractivity contribution in [3.63, 3.8) is 0 Å². The molecule has 2 N–H and O–H groups in total. The molecule has 0 spiro atoms. The van der Waals surface area contributed by atoms with Crippen LogP contribution in [0.25, 0.3) is 0 Å². The van der Waals surface area contributed by atoms with Crippen molar-refractivity contribution in [2.24, 2.45) is 0 Å². The summed E-state index contributed by atoms with van der Waals surface area (Å²) in [5.41, 5.74) is 6.49. The van der Waals surface area contributed by atoms with Crippen molar-refractivity contribution in [3.8, 4) is 0 Å². The summed E-state index contributed by atoms with van der Waals surface area (Å²) in [4.78, 5) is 9.44. The van der Waals surface area contributed by atoms with Gasteiger partial charge in [0.2, 0.25) is 0 Å². The normalized spacial score (nSPS) is 11.7. The van der Waals surface area contributed by atoms with Crippen LogP contribution in [0.15, 0.2) is 27.7 Å². The average molecular weight is 266 g/mol. The van der Waals surface area contributed by atoms with E-state index in [1.54, 1.807) is 12.4 Å². The van der Waals surface area contributed by atoms with E-state index in [2.05, 4.69) is 35.1 Å². The minimum absolute atomic E-state index is 0.0148. The number of nitrogens with zero attached hydrogens (tertiary/aromatic N) is 3. The zero-order valence-electron chi connectivity index (χ0n) is 9.97. The Morgan fingerprint density at radius 2 is 2.12 bits per heavy atom. The van der Waals surface area contributed by atoms with Crippen LogP contribution in [-0.2, 0) is 5.41 Å². The van der Waals surface area contributed by atoms with E-state index < -0.39 is 0 Å². The molecule has 0 fully saturated rings. The minimum Gasteiger partial charge on any atom is -0.397 e. The van der Waals surface area contributed by atoms with Crippen LogP contribution in [0.4, 0.5) is 5.69 Å². The minimum atomic E-state index is -0.0148. The Morgan fingerprint density at radius 1 is 1.35 bits per heavy atom. The highest BCUT2D eigenvalue weighted by Crippen LogP contribution is 2.33. The molecule has 2 rings (SSSR count). The summed E-state index contributed by atoms with van der Waals surface area (Å²) in [6.45, 7) is 6.30. The van der Waals surface area contributed by atoms with Gasteiger partial charge in [-0.15, -0.1) is 0 Å². The maximum absolute atomic E-state index is 5.83. The number of aromatic nitrogens is 3. The second-order valence-electron chi connectivity index (χ2n) is 4.65. The van der Waals surface area contributed by atoms with Crippen molar-refractivity contribution < 1.29 is 0 Å². The molecule has 6 heteroatoms. The molecule has 0 aliphatic rings. The van der Waals surface area contributed by atoms with E-state index in [0.29, 0.717) is 5.69 Å². The summed E-state index contributed by atoms with van der Waals surface area (Å²) in [6.07, 6.45) is 3.37. The molecule has 0 aliphatic heterocycles. The maximum atomic E-state index is 5.83. The predicted molar refractivity (Wildman–Crippen MR) is 71.4 cm³/mol. The Hall–Kier alpha value is -1.14. The van der Waals surface area contributed by atoms with Gasteiger partial charge in [0.15, 0.2) is 4.34 Å². The Bertz CT molecular complexity index is 516. The second-order valence-corrected chi connectivity index (χ2v) is 6.69. The average Bonchev–Trinajstić information content (AvgIpc) is 2.69. The third-order valence-corrected chi connectivity index (χ3v) is 3.93. The molecule has 17 heavy (non-hydrogen) atoms. The van der Waals surface area contributed by atoms with E-state index in [0.717, 1.165) is 15.1 Å². The van der Waals surface area contributed by atoms with Crippen LogP contribution in [0.3, 0.4) is 0 Å². The van der Waals surface area contributed by atoms with Crippen LogP contribution in [0.1, 0.15) is 26.6 Å². The summed E-state index contributed by atoms with van der Waals surface area (Å²) in [5.74, 6) is 0.873. The van der Waals surface area contributed by atoms with E-state index in [9.17, 15) is 0 Å². The highest BCUT2D eigenvalue weighted by Gasteiger charge is 2.20. The second kappa shape index (κ2) is 4.62. The number of hydrogen-bond donors (Lipinski definition) is 1. The summed E-state index contributed by atoms with van der Waals surface area (Å²) >= 11 is 2.94. The van der Waals surface area contributed by atoms with Gasteiger partial charge >= 0.3 is 0 Å².